The Labute approximate surface area is 146 Å². The van der Waals surface area contributed by atoms with Gasteiger partial charge in [-0.2, -0.15) is 0 Å². The number of para-hydroxylation sites is 1. The van der Waals surface area contributed by atoms with Crippen molar-refractivity contribution in [1.29, 1.82) is 0 Å². The van der Waals surface area contributed by atoms with Gasteiger partial charge < -0.3 is 10.1 Å². The molecule has 126 valence electrons. The van der Waals surface area contributed by atoms with Crippen LogP contribution in [0.25, 0.3) is 0 Å². The number of ether oxygens (including phenoxy) is 1. The molecule has 0 atom stereocenters. The summed E-state index contributed by atoms with van der Waals surface area (Å²) in [6.45, 7) is 10.2. The predicted octanol–water partition coefficient (Wildman–Crippen LogP) is 5.27. The van der Waals surface area contributed by atoms with Gasteiger partial charge in [0.05, 0.1) is 0 Å². The van der Waals surface area contributed by atoms with Crippen LogP contribution in [0.3, 0.4) is 0 Å². The lowest BCUT2D eigenvalue weighted by Gasteiger charge is -2.25. The van der Waals surface area contributed by atoms with Crippen molar-refractivity contribution >= 4 is 12.4 Å². The first kappa shape index (κ1) is 19.5. The molecule has 0 radical (unpaired) electrons. The van der Waals surface area contributed by atoms with E-state index in [1.165, 1.54) is 16.7 Å². The Morgan fingerprint density at radius 1 is 1.00 bits per heavy atom. The van der Waals surface area contributed by atoms with Gasteiger partial charge in [-0.3, -0.25) is 0 Å². The Bertz CT molecular complexity index is 593. The van der Waals surface area contributed by atoms with Gasteiger partial charge in [0.25, 0.3) is 0 Å². The SMILES string of the molecule is CCC(C)(C)NCc1ccccc1OCc1ccc(C)cc1.Cl. The van der Waals surface area contributed by atoms with Gasteiger partial charge in [-0.15, -0.1) is 12.4 Å². The first-order valence-electron chi connectivity index (χ1n) is 8.01. The van der Waals surface area contributed by atoms with E-state index in [4.69, 9.17) is 4.74 Å². The fourth-order valence-electron chi connectivity index (χ4n) is 2.10. The minimum atomic E-state index is 0. The van der Waals surface area contributed by atoms with E-state index in [2.05, 4.69) is 69.4 Å². The summed E-state index contributed by atoms with van der Waals surface area (Å²) in [5, 5.41) is 3.59. The van der Waals surface area contributed by atoms with E-state index in [9.17, 15) is 0 Å². The molecule has 0 aromatic heterocycles. The lowest BCUT2D eigenvalue weighted by molar-refractivity contribution is 0.298. The lowest BCUT2D eigenvalue weighted by atomic mass is 10.0. The highest BCUT2D eigenvalue weighted by Gasteiger charge is 2.14. The third-order valence-corrected chi connectivity index (χ3v) is 4.13. The summed E-state index contributed by atoms with van der Waals surface area (Å²) >= 11 is 0. The molecule has 0 amide bonds. The first-order valence-corrected chi connectivity index (χ1v) is 8.01. The molecule has 0 saturated carbocycles. The van der Waals surface area contributed by atoms with Gasteiger partial charge in [-0.05, 0) is 38.8 Å². The van der Waals surface area contributed by atoms with Gasteiger partial charge in [0.2, 0.25) is 0 Å². The summed E-state index contributed by atoms with van der Waals surface area (Å²) in [6, 6.07) is 16.7. The predicted molar refractivity (Wildman–Crippen MR) is 100 cm³/mol. The second-order valence-corrected chi connectivity index (χ2v) is 6.47. The molecule has 0 bridgehead atoms. The van der Waals surface area contributed by atoms with Gasteiger partial charge >= 0.3 is 0 Å². The minimum absolute atomic E-state index is 0. The Morgan fingerprint density at radius 3 is 2.30 bits per heavy atom. The Hall–Kier alpha value is -1.51. The van der Waals surface area contributed by atoms with Gasteiger partial charge in [0.15, 0.2) is 0 Å². The lowest BCUT2D eigenvalue weighted by Crippen LogP contribution is -2.37. The van der Waals surface area contributed by atoms with Gasteiger partial charge in [-0.1, -0.05) is 55.0 Å². The molecular weight excluding hydrogens is 306 g/mol. The third-order valence-electron chi connectivity index (χ3n) is 4.13. The number of hydrogen-bond donors (Lipinski definition) is 1. The number of hydrogen-bond acceptors (Lipinski definition) is 2. The summed E-state index contributed by atoms with van der Waals surface area (Å²) in [7, 11) is 0. The summed E-state index contributed by atoms with van der Waals surface area (Å²) < 4.78 is 6.02. The van der Waals surface area contributed by atoms with Crippen molar-refractivity contribution in [2.45, 2.75) is 52.8 Å². The average Bonchev–Trinajstić information content (AvgIpc) is 2.53. The van der Waals surface area contributed by atoms with Crippen LogP contribution in [-0.2, 0) is 13.2 Å². The van der Waals surface area contributed by atoms with Crippen LogP contribution >= 0.6 is 12.4 Å². The van der Waals surface area contributed by atoms with Crippen LogP contribution in [0.4, 0.5) is 0 Å². The van der Waals surface area contributed by atoms with Crippen LogP contribution < -0.4 is 10.1 Å². The molecule has 0 spiro atoms. The minimum Gasteiger partial charge on any atom is -0.489 e. The molecule has 0 aliphatic heterocycles. The normalized spacial score (nSPS) is 11.0. The fourth-order valence-corrected chi connectivity index (χ4v) is 2.10. The largest absolute Gasteiger partial charge is 0.489 e. The quantitative estimate of drug-likeness (QED) is 0.744. The van der Waals surface area contributed by atoms with E-state index in [-0.39, 0.29) is 17.9 Å². The number of aryl methyl sites for hydroxylation is 1. The van der Waals surface area contributed by atoms with Crippen molar-refractivity contribution < 1.29 is 4.74 Å². The molecule has 0 fully saturated rings. The smallest absolute Gasteiger partial charge is 0.124 e. The highest BCUT2D eigenvalue weighted by atomic mass is 35.5. The number of rotatable bonds is 7. The Balaban J connectivity index is 0.00000264. The van der Waals surface area contributed by atoms with Gasteiger partial charge in [-0.25, -0.2) is 0 Å². The first-order chi connectivity index (χ1) is 10.5. The fraction of sp³-hybridized carbons (Fsp3) is 0.400. The molecule has 2 nitrogen and oxygen atoms in total. The highest BCUT2D eigenvalue weighted by molar-refractivity contribution is 5.85. The van der Waals surface area contributed by atoms with Crippen LogP contribution in [0.1, 0.15) is 43.9 Å². The molecule has 0 heterocycles. The van der Waals surface area contributed by atoms with E-state index in [1.54, 1.807) is 0 Å². The molecule has 2 rings (SSSR count). The molecule has 0 aliphatic carbocycles. The van der Waals surface area contributed by atoms with Crippen molar-refractivity contribution in [1.82, 2.24) is 5.32 Å². The zero-order valence-electron chi connectivity index (χ0n) is 14.6. The van der Waals surface area contributed by atoms with Gasteiger partial charge in [0.1, 0.15) is 12.4 Å². The Kier molecular flexibility index (Phi) is 7.60. The van der Waals surface area contributed by atoms with Crippen molar-refractivity contribution in [3.63, 3.8) is 0 Å². The molecule has 1 N–H and O–H groups in total. The third kappa shape index (κ3) is 6.25. The summed E-state index contributed by atoms with van der Waals surface area (Å²) in [4.78, 5) is 0. The van der Waals surface area contributed by atoms with Gasteiger partial charge in [0, 0.05) is 17.6 Å². The maximum atomic E-state index is 6.02. The van der Waals surface area contributed by atoms with E-state index < -0.39 is 0 Å². The molecule has 2 aromatic carbocycles. The topological polar surface area (TPSA) is 21.3 Å². The van der Waals surface area contributed by atoms with Crippen molar-refractivity contribution in [2.24, 2.45) is 0 Å². The van der Waals surface area contributed by atoms with Crippen molar-refractivity contribution in [2.75, 3.05) is 0 Å². The van der Waals surface area contributed by atoms with E-state index in [1.807, 2.05) is 12.1 Å². The van der Waals surface area contributed by atoms with Crippen LogP contribution in [-0.4, -0.2) is 5.54 Å². The molecule has 0 unspecified atom stereocenters. The molecule has 23 heavy (non-hydrogen) atoms. The van der Waals surface area contributed by atoms with E-state index in [0.717, 1.165) is 18.7 Å². The van der Waals surface area contributed by atoms with E-state index in [0.29, 0.717) is 6.61 Å². The van der Waals surface area contributed by atoms with Crippen molar-refractivity contribution in [3.8, 4) is 5.75 Å². The van der Waals surface area contributed by atoms with Crippen LogP contribution in [0, 0.1) is 6.92 Å². The monoisotopic (exact) mass is 333 g/mol. The molecule has 0 saturated heterocycles. The van der Waals surface area contributed by atoms with Crippen LogP contribution in [0.15, 0.2) is 48.5 Å². The zero-order valence-corrected chi connectivity index (χ0v) is 15.4. The number of benzene rings is 2. The zero-order chi connectivity index (χ0) is 16.0. The number of nitrogens with one attached hydrogen (secondary N) is 1. The maximum absolute atomic E-state index is 6.02. The van der Waals surface area contributed by atoms with Crippen molar-refractivity contribution in [3.05, 3.63) is 65.2 Å². The molecule has 2 aromatic rings. The summed E-state index contributed by atoms with van der Waals surface area (Å²) in [6.07, 6.45) is 1.10. The highest BCUT2D eigenvalue weighted by Crippen LogP contribution is 2.20. The van der Waals surface area contributed by atoms with Crippen LogP contribution in [0.5, 0.6) is 5.75 Å². The molecular formula is C20H28ClNO. The van der Waals surface area contributed by atoms with Crippen LogP contribution in [0.2, 0.25) is 0 Å². The second kappa shape index (κ2) is 8.95. The summed E-state index contributed by atoms with van der Waals surface area (Å²) in [5.74, 6) is 0.961. The Morgan fingerprint density at radius 2 is 1.65 bits per heavy atom. The maximum Gasteiger partial charge on any atom is 0.124 e. The second-order valence-electron chi connectivity index (χ2n) is 6.47. The standard InChI is InChI=1S/C20H27NO.ClH/c1-5-20(3,4)21-14-18-8-6-7-9-19(18)22-15-17-12-10-16(2)11-13-17;/h6-13,21H,5,14-15H2,1-4H3;1H. The molecule has 0 aliphatic rings. The number of halogens is 1. The summed E-state index contributed by atoms with van der Waals surface area (Å²) in [5.41, 5.74) is 3.82. The average molecular weight is 334 g/mol. The van der Waals surface area contributed by atoms with E-state index >= 15 is 0 Å². The molecule has 3 heteroatoms.